The van der Waals surface area contributed by atoms with Crippen LogP contribution in [0.15, 0.2) is 42.1 Å². The van der Waals surface area contributed by atoms with Crippen LogP contribution in [-0.4, -0.2) is 70.3 Å². The summed E-state index contributed by atoms with van der Waals surface area (Å²) in [7, 11) is 0. The van der Waals surface area contributed by atoms with Crippen LogP contribution >= 0.6 is 0 Å². The average Bonchev–Trinajstić information content (AvgIpc) is 2.91. The minimum Gasteiger partial charge on any atom is -0.444 e. The second-order valence-corrected chi connectivity index (χ2v) is 9.49. The molecule has 1 aliphatic carbocycles. The van der Waals surface area contributed by atoms with Gasteiger partial charge in [-0.15, -0.1) is 0 Å². The fourth-order valence-electron chi connectivity index (χ4n) is 4.49. The quantitative estimate of drug-likeness (QED) is 0.744. The van der Waals surface area contributed by atoms with Gasteiger partial charge in [0.05, 0.1) is 11.0 Å². The largest absolute Gasteiger partial charge is 0.444 e. The zero-order valence-electron chi connectivity index (χ0n) is 18.7. The first kappa shape index (κ1) is 20.0. The second kappa shape index (κ2) is 7.62. The van der Waals surface area contributed by atoms with Crippen molar-refractivity contribution in [3.63, 3.8) is 0 Å². The zero-order valence-corrected chi connectivity index (χ0v) is 18.7. The fourth-order valence-corrected chi connectivity index (χ4v) is 4.49. The lowest BCUT2D eigenvalue weighted by molar-refractivity contribution is 0.0240. The molecule has 31 heavy (non-hydrogen) atoms. The summed E-state index contributed by atoms with van der Waals surface area (Å²) in [5, 5.41) is 0. The molecule has 3 heterocycles. The van der Waals surface area contributed by atoms with Crippen LogP contribution in [0.5, 0.6) is 0 Å². The molecule has 0 radical (unpaired) electrons. The van der Waals surface area contributed by atoms with E-state index in [0.29, 0.717) is 13.1 Å². The summed E-state index contributed by atoms with van der Waals surface area (Å²) in [5.74, 6) is 1.17. The number of carbonyl (C=O) groups is 1. The number of benzene rings is 1. The Labute approximate surface area is 183 Å². The smallest absolute Gasteiger partial charge is 0.410 e. The van der Waals surface area contributed by atoms with Crippen molar-refractivity contribution in [2.75, 3.05) is 44.2 Å². The van der Waals surface area contributed by atoms with E-state index in [4.69, 9.17) is 9.72 Å². The van der Waals surface area contributed by atoms with E-state index < -0.39 is 5.60 Å². The van der Waals surface area contributed by atoms with Gasteiger partial charge in [-0.1, -0.05) is 6.08 Å². The van der Waals surface area contributed by atoms with Crippen molar-refractivity contribution in [1.82, 2.24) is 19.4 Å². The van der Waals surface area contributed by atoms with Crippen molar-refractivity contribution in [2.24, 2.45) is 0 Å². The molecule has 2 aromatic rings. The molecule has 164 valence electrons. The number of ether oxygens (including phenoxy) is 1. The number of hydrogen-bond donors (Lipinski definition) is 0. The maximum absolute atomic E-state index is 12.4. The van der Waals surface area contributed by atoms with Crippen LogP contribution in [0.25, 0.3) is 11.0 Å². The average molecular weight is 422 g/mol. The Bertz CT molecular complexity index is 1050. The third kappa shape index (κ3) is 4.01. The molecule has 1 amide bonds. The van der Waals surface area contributed by atoms with Crippen LogP contribution in [0.2, 0.25) is 0 Å². The fraction of sp³-hybridized carbons (Fsp3) is 0.500. The molecule has 5 rings (SSSR count). The summed E-state index contributed by atoms with van der Waals surface area (Å²) in [6.07, 6.45) is 7.21. The predicted octanol–water partition coefficient (Wildman–Crippen LogP) is 3.41. The summed E-state index contributed by atoms with van der Waals surface area (Å²) >= 11 is 0. The number of rotatable bonds is 2. The number of carbonyl (C=O) groups excluding carboxylic acids is 1. The van der Waals surface area contributed by atoms with E-state index >= 15 is 0 Å². The number of hydrogen-bond acceptors (Lipinski definition) is 5. The first-order valence-electron chi connectivity index (χ1n) is 11.2. The van der Waals surface area contributed by atoms with Gasteiger partial charge in [-0.05, 0) is 51.1 Å². The number of imidazole rings is 1. The summed E-state index contributed by atoms with van der Waals surface area (Å²) < 4.78 is 7.91. The van der Waals surface area contributed by atoms with Crippen LogP contribution in [-0.2, 0) is 17.7 Å². The highest BCUT2D eigenvalue weighted by Crippen LogP contribution is 2.27. The van der Waals surface area contributed by atoms with Crippen LogP contribution in [0.3, 0.4) is 0 Å². The summed E-state index contributed by atoms with van der Waals surface area (Å²) in [4.78, 5) is 23.9. The van der Waals surface area contributed by atoms with Crippen LogP contribution < -0.4 is 4.90 Å². The van der Waals surface area contributed by atoms with Crippen LogP contribution in [0, 0.1) is 0 Å². The van der Waals surface area contributed by atoms with E-state index in [1.54, 1.807) is 0 Å². The monoisotopic (exact) mass is 421 g/mol. The van der Waals surface area contributed by atoms with Crippen LogP contribution in [0.1, 0.15) is 26.6 Å². The van der Waals surface area contributed by atoms with E-state index in [1.165, 1.54) is 22.7 Å². The number of nitrogens with zero attached hydrogens (tertiary/aromatic N) is 5. The number of anilines is 1. The SMILES string of the molecule is CC(C)(C)OC(=O)N1CCN(c2ccc3nc4n(c3c2)CCN(C2=CC=C2)CC4)CC1. The molecule has 1 aromatic carbocycles. The third-order valence-electron chi connectivity index (χ3n) is 6.21. The number of allylic oxidation sites excluding steroid dienone is 3. The van der Waals surface area contributed by atoms with Crippen molar-refractivity contribution in [3.8, 4) is 0 Å². The number of aromatic nitrogens is 2. The molecule has 7 nitrogen and oxygen atoms in total. The predicted molar refractivity (Wildman–Crippen MR) is 122 cm³/mol. The Morgan fingerprint density at radius 2 is 1.74 bits per heavy atom. The summed E-state index contributed by atoms with van der Waals surface area (Å²) in [5.41, 5.74) is 4.35. The Kier molecular flexibility index (Phi) is 4.91. The molecule has 7 heteroatoms. The third-order valence-corrected chi connectivity index (χ3v) is 6.21. The Morgan fingerprint density at radius 1 is 1.00 bits per heavy atom. The van der Waals surface area contributed by atoms with Gasteiger partial charge in [0.15, 0.2) is 0 Å². The molecule has 1 fully saturated rings. The molecule has 0 N–H and O–H groups in total. The highest BCUT2D eigenvalue weighted by molar-refractivity contribution is 5.81. The Hall–Kier alpha value is -2.96. The number of fused-ring (bicyclic) bond motifs is 3. The topological polar surface area (TPSA) is 53.8 Å². The van der Waals surface area contributed by atoms with Gasteiger partial charge < -0.3 is 24.0 Å². The van der Waals surface area contributed by atoms with Gasteiger partial charge in [-0.25, -0.2) is 9.78 Å². The van der Waals surface area contributed by atoms with Gasteiger partial charge >= 0.3 is 6.09 Å². The normalized spacial score (nSPS) is 19.1. The molecule has 0 unspecified atom stereocenters. The lowest BCUT2D eigenvalue weighted by Crippen LogP contribution is -2.50. The van der Waals surface area contributed by atoms with Gasteiger partial charge in [-0.3, -0.25) is 0 Å². The van der Waals surface area contributed by atoms with Gasteiger partial charge in [0.1, 0.15) is 11.4 Å². The molecule has 0 saturated carbocycles. The van der Waals surface area contributed by atoms with Gasteiger partial charge in [0, 0.05) is 63.6 Å². The second-order valence-electron chi connectivity index (χ2n) is 9.49. The first-order chi connectivity index (χ1) is 14.9. The van der Waals surface area contributed by atoms with E-state index in [2.05, 4.69) is 50.8 Å². The maximum Gasteiger partial charge on any atom is 0.410 e. The van der Waals surface area contributed by atoms with Crippen LogP contribution in [0.4, 0.5) is 10.5 Å². The number of piperazine rings is 1. The molecule has 0 bridgehead atoms. The minimum atomic E-state index is -0.458. The van der Waals surface area contributed by atoms with Crippen molar-refractivity contribution in [2.45, 2.75) is 39.3 Å². The molecule has 1 aromatic heterocycles. The standard InChI is InChI=1S/C24H31N5O2/c1-24(2,3)31-23(30)28-13-11-27(12-14-28)19-7-8-20-21(17-19)29-16-15-26(18-5-4-6-18)10-9-22(29)25-20/h4-8,17H,9-16H2,1-3H3. The van der Waals surface area contributed by atoms with Gasteiger partial charge in [-0.2, -0.15) is 0 Å². The Morgan fingerprint density at radius 3 is 2.42 bits per heavy atom. The molecule has 0 spiro atoms. The molecule has 0 atom stereocenters. The van der Waals surface area contributed by atoms with Crippen molar-refractivity contribution >= 4 is 22.8 Å². The lowest BCUT2D eigenvalue weighted by Gasteiger charge is -2.36. The zero-order chi connectivity index (χ0) is 21.6. The van der Waals surface area contributed by atoms with Crippen molar-refractivity contribution in [3.05, 3.63) is 47.9 Å². The van der Waals surface area contributed by atoms with Crippen molar-refractivity contribution in [1.29, 1.82) is 0 Å². The number of amides is 1. The molecule has 3 aliphatic rings. The lowest BCUT2D eigenvalue weighted by atomic mass is 10.2. The van der Waals surface area contributed by atoms with E-state index in [9.17, 15) is 4.79 Å². The highest BCUT2D eigenvalue weighted by Gasteiger charge is 2.26. The highest BCUT2D eigenvalue weighted by atomic mass is 16.6. The first-order valence-corrected chi connectivity index (χ1v) is 11.2. The van der Waals surface area contributed by atoms with E-state index in [-0.39, 0.29) is 6.09 Å². The van der Waals surface area contributed by atoms with Gasteiger partial charge in [0.2, 0.25) is 0 Å². The molecule has 2 aliphatic heterocycles. The van der Waals surface area contributed by atoms with Gasteiger partial charge in [0.25, 0.3) is 0 Å². The maximum atomic E-state index is 12.4. The minimum absolute atomic E-state index is 0.218. The summed E-state index contributed by atoms with van der Waals surface area (Å²) in [6.45, 7) is 11.7. The molecular formula is C24H31N5O2. The molecule has 1 saturated heterocycles. The van der Waals surface area contributed by atoms with E-state index in [1.807, 2.05) is 25.7 Å². The Balaban J connectivity index is 1.29. The summed E-state index contributed by atoms with van der Waals surface area (Å²) in [6, 6.07) is 6.57. The molecular weight excluding hydrogens is 390 g/mol. The van der Waals surface area contributed by atoms with E-state index in [0.717, 1.165) is 44.7 Å². The van der Waals surface area contributed by atoms with Crippen molar-refractivity contribution < 1.29 is 9.53 Å².